The minimum atomic E-state index is -0.130. The van der Waals surface area contributed by atoms with Crippen LogP contribution in [0, 0.1) is 12.3 Å². The summed E-state index contributed by atoms with van der Waals surface area (Å²) in [5.74, 6) is 2.69. The van der Waals surface area contributed by atoms with Crippen LogP contribution in [0.25, 0.3) is 0 Å². The van der Waals surface area contributed by atoms with Crippen LogP contribution in [-0.2, 0) is 6.42 Å². The number of hydrogen-bond donors (Lipinski definition) is 0. The van der Waals surface area contributed by atoms with Crippen LogP contribution >= 0.6 is 11.8 Å². The first-order valence-corrected chi connectivity index (χ1v) is 6.93. The summed E-state index contributed by atoms with van der Waals surface area (Å²) in [7, 11) is 0. The molecule has 1 unspecified atom stereocenters. The maximum absolute atomic E-state index is 12.1. The Labute approximate surface area is 118 Å². The second kappa shape index (κ2) is 6.82. The maximum Gasteiger partial charge on any atom is 0.220 e. The first-order chi connectivity index (χ1) is 9.29. The lowest BCUT2D eigenvalue weighted by Gasteiger charge is -2.09. The molecule has 0 aromatic heterocycles. The Balaban J connectivity index is 2.01. The molecule has 0 aliphatic rings. The van der Waals surface area contributed by atoms with Gasteiger partial charge in [0.15, 0.2) is 0 Å². The molecule has 0 fully saturated rings. The molecule has 0 saturated carbocycles. The van der Waals surface area contributed by atoms with Crippen molar-refractivity contribution in [2.45, 2.75) is 11.7 Å². The quantitative estimate of drug-likeness (QED) is 0.783. The van der Waals surface area contributed by atoms with Crippen LogP contribution in [-0.4, -0.2) is 10.4 Å². The van der Waals surface area contributed by atoms with Gasteiger partial charge in [-0.3, -0.25) is 4.79 Å². The molecule has 0 saturated heterocycles. The summed E-state index contributed by atoms with van der Waals surface area (Å²) in [4.78, 5) is 12.1. The zero-order valence-electron chi connectivity index (χ0n) is 10.5. The molecule has 0 heterocycles. The van der Waals surface area contributed by atoms with Gasteiger partial charge in [-0.15, -0.1) is 6.42 Å². The lowest BCUT2D eigenvalue weighted by Crippen LogP contribution is -2.08. The Kier molecular flexibility index (Phi) is 4.83. The monoisotopic (exact) mass is 266 g/mol. The normalized spacial score (nSPS) is 11.5. The van der Waals surface area contributed by atoms with Crippen LogP contribution in [0.3, 0.4) is 0 Å². The van der Waals surface area contributed by atoms with Gasteiger partial charge < -0.3 is 0 Å². The molecule has 94 valence electrons. The van der Waals surface area contributed by atoms with Crippen molar-refractivity contribution >= 4 is 16.9 Å². The van der Waals surface area contributed by atoms with Gasteiger partial charge in [0.1, 0.15) is 0 Å². The smallest absolute Gasteiger partial charge is 0.220 e. The lowest BCUT2D eigenvalue weighted by molar-refractivity contribution is 0.108. The van der Waals surface area contributed by atoms with Gasteiger partial charge in [0, 0.05) is 5.56 Å². The van der Waals surface area contributed by atoms with E-state index in [9.17, 15) is 4.79 Å². The van der Waals surface area contributed by atoms with Crippen LogP contribution in [0.5, 0.6) is 0 Å². The first kappa shape index (κ1) is 13.5. The molecule has 0 bridgehead atoms. The van der Waals surface area contributed by atoms with E-state index in [1.54, 1.807) is 0 Å². The predicted molar refractivity (Wildman–Crippen MR) is 81.1 cm³/mol. The van der Waals surface area contributed by atoms with Gasteiger partial charge in [-0.25, -0.2) is 0 Å². The molecule has 0 N–H and O–H groups in total. The van der Waals surface area contributed by atoms with Crippen LogP contribution in [0.1, 0.15) is 15.9 Å². The van der Waals surface area contributed by atoms with Crippen molar-refractivity contribution < 1.29 is 4.79 Å². The van der Waals surface area contributed by atoms with E-state index in [0.29, 0.717) is 12.0 Å². The molecule has 0 amide bonds. The van der Waals surface area contributed by atoms with E-state index in [2.05, 4.69) is 5.92 Å². The maximum atomic E-state index is 12.1. The second-order valence-electron chi connectivity index (χ2n) is 4.12. The summed E-state index contributed by atoms with van der Waals surface area (Å²) in [6, 6.07) is 19.2. The highest BCUT2D eigenvalue weighted by Crippen LogP contribution is 2.20. The number of carbonyl (C=O) groups is 1. The zero-order valence-corrected chi connectivity index (χ0v) is 11.3. The fraction of sp³-hybridized carbons (Fsp3) is 0.118. The lowest BCUT2D eigenvalue weighted by atomic mass is 10.1. The highest BCUT2D eigenvalue weighted by molar-refractivity contribution is 8.14. The van der Waals surface area contributed by atoms with Gasteiger partial charge in [-0.2, -0.15) is 0 Å². The Hall–Kier alpha value is -1.98. The summed E-state index contributed by atoms with van der Waals surface area (Å²) in [5, 5.41) is -0.102. The highest BCUT2D eigenvalue weighted by Gasteiger charge is 2.14. The molecule has 0 aliphatic heterocycles. The average molecular weight is 266 g/mol. The topological polar surface area (TPSA) is 17.1 Å². The molecule has 19 heavy (non-hydrogen) atoms. The summed E-state index contributed by atoms with van der Waals surface area (Å²) in [6.07, 6.45) is 6.23. The molecule has 2 rings (SSSR count). The van der Waals surface area contributed by atoms with E-state index in [4.69, 9.17) is 6.42 Å². The predicted octanol–water partition coefficient (Wildman–Crippen LogP) is 3.80. The van der Waals surface area contributed by atoms with E-state index < -0.39 is 0 Å². The largest absolute Gasteiger partial charge is 0.282 e. The van der Waals surface area contributed by atoms with Gasteiger partial charge in [-0.05, 0) is 12.0 Å². The fourth-order valence-corrected chi connectivity index (χ4v) is 2.61. The van der Waals surface area contributed by atoms with Crippen molar-refractivity contribution in [2.75, 3.05) is 0 Å². The van der Waals surface area contributed by atoms with Crippen molar-refractivity contribution in [3.63, 3.8) is 0 Å². The summed E-state index contributed by atoms with van der Waals surface area (Å²) in [5.41, 5.74) is 1.85. The van der Waals surface area contributed by atoms with Crippen molar-refractivity contribution in [2.24, 2.45) is 0 Å². The molecule has 0 aliphatic carbocycles. The highest BCUT2D eigenvalue weighted by atomic mass is 32.2. The Morgan fingerprint density at radius 1 is 1.05 bits per heavy atom. The van der Waals surface area contributed by atoms with Crippen LogP contribution < -0.4 is 0 Å². The number of rotatable bonds is 4. The molecule has 2 heteroatoms. The Morgan fingerprint density at radius 2 is 1.63 bits per heavy atom. The summed E-state index contributed by atoms with van der Waals surface area (Å²) >= 11 is 1.22. The number of terminal acetylenes is 1. The molecular weight excluding hydrogens is 252 g/mol. The molecule has 0 spiro atoms. The van der Waals surface area contributed by atoms with Crippen molar-refractivity contribution in [3.05, 3.63) is 71.8 Å². The van der Waals surface area contributed by atoms with E-state index in [-0.39, 0.29) is 10.4 Å². The van der Waals surface area contributed by atoms with Gasteiger partial charge in [-0.1, -0.05) is 78.3 Å². The summed E-state index contributed by atoms with van der Waals surface area (Å²) < 4.78 is 0. The molecule has 1 atom stereocenters. The van der Waals surface area contributed by atoms with Crippen LogP contribution in [0.2, 0.25) is 0 Å². The van der Waals surface area contributed by atoms with Crippen LogP contribution in [0.4, 0.5) is 0 Å². The molecule has 2 aromatic carbocycles. The summed E-state index contributed by atoms with van der Waals surface area (Å²) in [6.45, 7) is 0. The Bertz CT molecular complexity index is 569. The van der Waals surface area contributed by atoms with Gasteiger partial charge >= 0.3 is 0 Å². The Morgan fingerprint density at radius 3 is 2.21 bits per heavy atom. The van der Waals surface area contributed by atoms with E-state index in [1.807, 2.05) is 60.7 Å². The zero-order chi connectivity index (χ0) is 13.5. The van der Waals surface area contributed by atoms with E-state index in [0.717, 1.165) is 5.56 Å². The molecule has 1 nitrogen and oxygen atoms in total. The first-order valence-electron chi connectivity index (χ1n) is 6.05. The van der Waals surface area contributed by atoms with E-state index >= 15 is 0 Å². The fourth-order valence-electron chi connectivity index (χ4n) is 1.73. The van der Waals surface area contributed by atoms with Gasteiger partial charge in [0.25, 0.3) is 0 Å². The van der Waals surface area contributed by atoms with Crippen molar-refractivity contribution in [3.8, 4) is 12.3 Å². The van der Waals surface area contributed by atoms with Gasteiger partial charge in [0.2, 0.25) is 5.12 Å². The molecule has 2 aromatic rings. The number of hydrogen-bond acceptors (Lipinski definition) is 2. The minimum absolute atomic E-state index is 0.0273. The van der Waals surface area contributed by atoms with Crippen LogP contribution in [0.15, 0.2) is 60.7 Å². The average Bonchev–Trinajstić information content (AvgIpc) is 2.48. The SMILES string of the molecule is C#CC(Cc1ccccc1)SC(=O)c1ccccc1. The number of benzene rings is 2. The minimum Gasteiger partial charge on any atom is -0.282 e. The number of carbonyl (C=O) groups excluding carboxylic acids is 1. The molecule has 0 radical (unpaired) electrons. The van der Waals surface area contributed by atoms with Crippen molar-refractivity contribution in [1.29, 1.82) is 0 Å². The standard InChI is InChI=1S/C17H14OS/c1-2-16(13-14-9-5-3-6-10-14)19-17(18)15-11-7-4-8-12-15/h1,3-12,16H,13H2. The van der Waals surface area contributed by atoms with Crippen molar-refractivity contribution in [1.82, 2.24) is 0 Å². The van der Waals surface area contributed by atoms with Gasteiger partial charge in [0.05, 0.1) is 5.25 Å². The molecular formula is C17H14OS. The third-order valence-corrected chi connectivity index (χ3v) is 3.75. The third-order valence-electron chi connectivity index (χ3n) is 2.71. The number of thioether (sulfide) groups is 1. The second-order valence-corrected chi connectivity index (χ2v) is 5.29. The third kappa shape index (κ3) is 4.01. The van der Waals surface area contributed by atoms with E-state index in [1.165, 1.54) is 11.8 Å².